The molecule has 1 aliphatic carbocycles. The Kier molecular flexibility index (Phi) is 3.03. The van der Waals surface area contributed by atoms with E-state index in [1.165, 1.54) is 11.3 Å². The summed E-state index contributed by atoms with van der Waals surface area (Å²) < 4.78 is 0. The molecule has 5 nitrogen and oxygen atoms in total. The van der Waals surface area contributed by atoms with Crippen LogP contribution in [-0.4, -0.2) is 17.7 Å². The van der Waals surface area contributed by atoms with Crippen molar-refractivity contribution in [2.75, 3.05) is 11.8 Å². The van der Waals surface area contributed by atoms with Gasteiger partial charge in [0, 0.05) is 17.3 Å². The molecule has 1 aliphatic rings. The summed E-state index contributed by atoms with van der Waals surface area (Å²) in [6.45, 7) is 2.07. The Bertz CT molecular complexity index is 373. The third-order valence-electron chi connectivity index (χ3n) is 2.77. The first-order valence-electron chi connectivity index (χ1n) is 5.05. The van der Waals surface area contributed by atoms with Crippen molar-refractivity contribution < 1.29 is 0 Å². The summed E-state index contributed by atoms with van der Waals surface area (Å²) in [5.74, 6) is 0.642. The number of aryl methyl sites for hydroxylation is 1. The number of fused-ring (bicyclic) bond motifs is 1. The first kappa shape index (κ1) is 10.6. The van der Waals surface area contributed by atoms with Gasteiger partial charge in [0.15, 0.2) is 5.82 Å². The summed E-state index contributed by atoms with van der Waals surface area (Å²) in [5.41, 5.74) is 16.5. The van der Waals surface area contributed by atoms with Gasteiger partial charge in [0.05, 0.1) is 5.69 Å². The molecule has 0 aliphatic heterocycles. The van der Waals surface area contributed by atoms with E-state index in [1.807, 2.05) is 0 Å². The molecule has 1 aromatic rings. The molecule has 1 aromatic heterocycles. The molecule has 2 atom stereocenters. The van der Waals surface area contributed by atoms with Crippen molar-refractivity contribution in [2.24, 2.45) is 10.8 Å². The molecule has 0 fully saturated rings. The Balaban J connectivity index is 2.41. The number of hydrogen-bond acceptors (Lipinski definition) is 4. The predicted octanol–water partition coefficient (Wildman–Crippen LogP) is 2.13. The van der Waals surface area contributed by atoms with E-state index >= 15 is 0 Å². The highest BCUT2D eigenvalue weighted by atomic mass is 31.1. The molecule has 82 valence electrons. The molecule has 2 unspecified atom stereocenters. The number of nitrogens with two attached hydrogens (primary N) is 1. The number of rotatable bonds is 3. The van der Waals surface area contributed by atoms with E-state index in [0.29, 0.717) is 14.5 Å². The second kappa shape index (κ2) is 4.29. The van der Waals surface area contributed by atoms with Crippen LogP contribution in [0.4, 0.5) is 11.5 Å². The Morgan fingerprint density at radius 3 is 3.13 bits per heavy atom. The smallest absolute Gasteiger partial charge is 0.176 e. The molecule has 0 saturated carbocycles. The molecule has 0 saturated heterocycles. The average molecular weight is 225 g/mol. The van der Waals surface area contributed by atoms with Crippen LogP contribution in [0.3, 0.4) is 0 Å². The van der Waals surface area contributed by atoms with Gasteiger partial charge in [-0.05, 0) is 34.7 Å². The normalized spacial score (nSPS) is 20.5. The number of H-pyrrole nitrogens is 1. The first-order chi connectivity index (χ1) is 7.26. The highest BCUT2D eigenvalue weighted by Crippen LogP contribution is 2.37. The number of anilines is 1. The molecule has 2 rings (SSSR count). The third kappa shape index (κ3) is 1.90. The number of aromatic nitrogens is 1. The minimum Gasteiger partial charge on any atom is -0.364 e. The molecule has 5 N–H and O–H groups in total. The molecule has 15 heavy (non-hydrogen) atoms. The molecule has 0 bridgehead atoms. The number of nitrogens with zero attached hydrogens (tertiary/aromatic N) is 1. The highest BCUT2D eigenvalue weighted by Gasteiger charge is 2.23. The van der Waals surface area contributed by atoms with E-state index < -0.39 is 0 Å². The van der Waals surface area contributed by atoms with Gasteiger partial charge in [0.2, 0.25) is 0 Å². The van der Waals surface area contributed by atoms with Gasteiger partial charge in [0.25, 0.3) is 0 Å². The predicted molar refractivity (Wildman–Crippen MR) is 63.5 cm³/mol. The van der Waals surface area contributed by atoms with Gasteiger partial charge in [-0.25, -0.2) is 5.53 Å². The molecule has 1 heterocycles. The minimum atomic E-state index is 0.243. The monoisotopic (exact) mass is 225 g/mol. The molecule has 0 radical (unpaired) electrons. The quantitative estimate of drug-likeness (QED) is 0.469. The average Bonchev–Trinajstić information content (AvgIpc) is 2.57. The maximum absolute atomic E-state index is 7.12. The van der Waals surface area contributed by atoms with Gasteiger partial charge in [0.1, 0.15) is 0 Å². The van der Waals surface area contributed by atoms with Crippen LogP contribution in [0.1, 0.15) is 17.7 Å². The van der Waals surface area contributed by atoms with Gasteiger partial charge in [-0.1, -0.05) is 0 Å². The number of aromatic amines is 1. The van der Waals surface area contributed by atoms with E-state index in [1.54, 1.807) is 0 Å². The lowest BCUT2D eigenvalue weighted by Gasteiger charge is -2.19. The second-order valence-corrected chi connectivity index (χ2v) is 4.55. The van der Waals surface area contributed by atoms with Crippen molar-refractivity contribution in [1.29, 1.82) is 5.53 Å². The number of nitrogens with one attached hydrogen (secondary N) is 3. The lowest BCUT2D eigenvalue weighted by atomic mass is 9.93. The standard InChI is InChI=1S/C9H16N5P/c1-15-14-8-6-4-5(10)2-3-7(6)12-9(8)13-11/h5,11-12,14-15H,2-4,10H2,1H3. The van der Waals surface area contributed by atoms with Crippen molar-refractivity contribution in [3.8, 4) is 0 Å². The van der Waals surface area contributed by atoms with Crippen molar-refractivity contribution >= 4 is 20.2 Å². The lowest BCUT2D eigenvalue weighted by molar-refractivity contribution is 0.573. The molecule has 0 aromatic carbocycles. The first-order valence-corrected chi connectivity index (χ1v) is 6.55. The molecular formula is C9H16N5P. The summed E-state index contributed by atoms with van der Waals surface area (Å²) in [6, 6.07) is 0.243. The summed E-state index contributed by atoms with van der Waals surface area (Å²) in [7, 11) is 0.611. The third-order valence-corrected chi connectivity index (χ3v) is 3.27. The zero-order chi connectivity index (χ0) is 10.8. The van der Waals surface area contributed by atoms with Crippen LogP contribution in [-0.2, 0) is 12.8 Å². The Morgan fingerprint density at radius 2 is 2.47 bits per heavy atom. The zero-order valence-electron chi connectivity index (χ0n) is 8.72. The molecule has 6 heteroatoms. The van der Waals surface area contributed by atoms with Crippen molar-refractivity contribution in [2.45, 2.75) is 25.3 Å². The largest absolute Gasteiger partial charge is 0.364 e. The van der Waals surface area contributed by atoms with E-state index in [9.17, 15) is 0 Å². The SMILES string of the molecule is CPNc1c(N=N)[nH]c2c1CC(N)CC2. The van der Waals surface area contributed by atoms with Crippen LogP contribution in [0.5, 0.6) is 0 Å². The van der Waals surface area contributed by atoms with Crippen LogP contribution >= 0.6 is 8.73 Å². The summed E-state index contributed by atoms with van der Waals surface area (Å²) in [5, 5.41) is 6.80. The van der Waals surface area contributed by atoms with E-state index in [-0.39, 0.29) is 6.04 Å². The molecular weight excluding hydrogens is 209 g/mol. The van der Waals surface area contributed by atoms with Gasteiger partial charge in [-0.3, -0.25) is 0 Å². The van der Waals surface area contributed by atoms with Gasteiger partial charge >= 0.3 is 0 Å². The maximum atomic E-state index is 7.12. The van der Waals surface area contributed by atoms with Crippen LogP contribution in [0.15, 0.2) is 5.11 Å². The van der Waals surface area contributed by atoms with Crippen LogP contribution in [0, 0.1) is 5.53 Å². The van der Waals surface area contributed by atoms with Gasteiger partial charge in [-0.15, -0.1) is 5.11 Å². The van der Waals surface area contributed by atoms with Crippen LogP contribution in [0.2, 0.25) is 0 Å². The topological polar surface area (TPSA) is 90.0 Å². The fourth-order valence-electron chi connectivity index (χ4n) is 2.05. The van der Waals surface area contributed by atoms with Crippen molar-refractivity contribution in [1.82, 2.24) is 4.98 Å². The zero-order valence-corrected chi connectivity index (χ0v) is 9.72. The van der Waals surface area contributed by atoms with Crippen molar-refractivity contribution in [3.63, 3.8) is 0 Å². The summed E-state index contributed by atoms with van der Waals surface area (Å²) in [6.07, 6.45) is 2.86. The second-order valence-electron chi connectivity index (χ2n) is 3.80. The van der Waals surface area contributed by atoms with E-state index in [0.717, 1.165) is 24.9 Å². The Labute approximate surface area is 90.6 Å². The number of hydrogen-bond donors (Lipinski definition) is 4. The fourth-order valence-corrected chi connectivity index (χ4v) is 2.57. The van der Waals surface area contributed by atoms with Crippen molar-refractivity contribution in [3.05, 3.63) is 11.3 Å². The van der Waals surface area contributed by atoms with E-state index in [2.05, 4.69) is 21.9 Å². The van der Waals surface area contributed by atoms with Gasteiger partial charge in [-0.2, -0.15) is 0 Å². The van der Waals surface area contributed by atoms with E-state index in [4.69, 9.17) is 11.3 Å². The van der Waals surface area contributed by atoms with Crippen LogP contribution in [0.25, 0.3) is 0 Å². The lowest BCUT2D eigenvalue weighted by Crippen LogP contribution is -2.27. The summed E-state index contributed by atoms with van der Waals surface area (Å²) in [4.78, 5) is 3.19. The minimum absolute atomic E-state index is 0.243. The highest BCUT2D eigenvalue weighted by molar-refractivity contribution is 7.38. The molecule has 0 spiro atoms. The maximum Gasteiger partial charge on any atom is 0.176 e. The Morgan fingerprint density at radius 1 is 1.67 bits per heavy atom. The summed E-state index contributed by atoms with van der Waals surface area (Å²) >= 11 is 0. The van der Waals surface area contributed by atoms with Gasteiger partial charge < -0.3 is 15.8 Å². The van der Waals surface area contributed by atoms with Crippen LogP contribution < -0.4 is 10.8 Å². The molecule has 0 amide bonds. The fraction of sp³-hybridized carbons (Fsp3) is 0.556. The Hall–Kier alpha value is -0.930.